The molecule has 0 aromatic heterocycles. The van der Waals surface area contributed by atoms with Crippen molar-refractivity contribution >= 4 is 11.9 Å². The minimum absolute atomic E-state index is 0.294. The van der Waals surface area contributed by atoms with Gasteiger partial charge in [-0.25, -0.2) is 4.79 Å². The number of carbonyl (C=O) groups excluding carboxylic acids is 2. The normalized spacial score (nSPS) is 9.83. The van der Waals surface area contributed by atoms with Crippen molar-refractivity contribution in [2.24, 2.45) is 0 Å². The number of esters is 2. The van der Waals surface area contributed by atoms with Crippen LogP contribution in [-0.2, 0) is 19.1 Å². The topological polar surface area (TPSA) is 52.6 Å². The van der Waals surface area contributed by atoms with Gasteiger partial charge in [-0.05, 0) is 0 Å². The quantitative estimate of drug-likeness (QED) is 0.355. The van der Waals surface area contributed by atoms with Gasteiger partial charge in [0.2, 0.25) is 0 Å². The molecule has 0 atom stereocenters. The largest absolute Gasteiger partial charge is 0.466 e. The van der Waals surface area contributed by atoms with Crippen LogP contribution in [0.25, 0.3) is 0 Å². The zero-order valence-corrected chi connectivity index (χ0v) is 7.20. The molecule has 0 amide bonds. The summed E-state index contributed by atoms with van der Waals surface area (Å²) in [6.45, 7) is 1.63. The van der Waals surface area contributed by atoms with Crippen molar-refractivity contribution < 1.29 is 19.1 Å². The summed E-state index contributed by atoms with van der Waals surface area (Å²) in [5.74, 6) is -0.723. The van der Waals surface area contributed by atoms with Gasteiger partial charge in [0.15, 0.2) is 0 Å². The minimum Gasteiger partial charge on any atom is -0.466 e. The van der Waals surface area contributed by atoms with E-state index in [0.29, 0.717) is 13.0 Å². The van der Waals surface area contributed by atoms with Crippen LogP contribution >= 0.6 is 0 Å². The second kappa shape index (κ2) is 6.39. The van der Waals surface area contributed by atoms with Gasteiger partial charge in [-0.2, -0.15) is 0 Å². The predicted octanol–water partition coefficient (Wildman–Crippen LogP) is 0.669. The third-order valence-corrected chi connectivity index (χ3v) is 1.04. The van der Waals surface area contributed by atoms with Crippen molar-refractivity contribution in [3.63, 3.8) is 0 Å². The highest BCUT2D eigenvalue weighted by Crippen LogP contribution is 1.87. The lowest BCUT2D eigenvalue weighted by Gasteiger charge is -1.96. The monoisotopic (exact) mass is 172 g/mol. The van der Waals surface area contributed by atoms with Crippen molar-refractivity contribution in [3.8, 4) is 0 Å². The van der Waals surface area contributed by atoms with Crippen LogP contribution in [0.1, 0.15) is 13.3 Å². The first-order chi connectivity index (χ1) is 5.66. The molecule has 0 aliphatic carbocycles. The van der Waals surface area contributed by atoms with E-state index < -0.39 is 5.97 Å². The summed E-state index contributed by atoms with van der Waals surface area (Å²) in [5.41, 5.74) is 0. The van der Waals surface area contributed by atoms with Crippen molar-refractivity contribution in [1.82, 2.24) is 0 Å². The van der Waals surface area contributed by atoms with Crippen LogP contribution in [-0.4, -0.2) is 25.7 Å². The fraction of sp³-hybridized carbons (Fsp3) is 0.500. The second-order valence-electron chi connectivity index (χ2n) is 2.05. The van der Waals surface area contributed by atoms with Crippen LogP contribution in [0.15, 0.2) is 12.2 Å². The highest BCUT2D eigenvalue weighted by molar-refractivity contribution is 5.81. The molecule has 0 N–H and O–H groups in total. The first-order valence-corrected chi connectivity index (χ1v) is 3.54. The van der Waals surface area contributed by atoms with E-state index in [2.05, 4.69) is 9.47 Å². The molecule has 0 saturated heterocycles. The SMILES string of the molecule is COC(=O)/C=C\CCOC(C)=O. The van der Waals surface area contributed by atoms with Gasteiger partial charge in [0.25, 0.3) is 0 Å². The molecule has 4 nitrogen and oxygen atoms in total. The van der Waals surface area contributed by atoms with E-state index in [1.165, 1.54) is 20.1 Å². The second-order valence-corrected chi connectivity index (χ2v) is 2.05. The number of ether oxygens (including phenoxy) is 2. The number of methoxy groups -OCH3 is 1. The van der Waals surface area contributed by atoms with Crippen LogP contribution in [0.3, 0.4) is 0 Å². The summed E-state index contributed by atoms with van der Waals surface area (Å²) < 4.78 is 8.96. The molecule has 0 aromatic carbocycles. The Kier molecular flexibility index (Phi) is 5.69. The highest BCUT2D eigenvalue weighted by Gasteiger charge is 1.91. The number of carbonyl (C=O) groups is 2. The Labute approximate surface area is 71.2 Å². The molecule has 0 bridgehead atoms. The first kappa shape index (κ1) is 10.7. The number of hydrogen-bond acceptors (Lipinski definition) is 4. The summed E-state index contributed by atoms with van der Waals surface area (Å²) in [6, 6.07) is 0. The summed E-state index contributed by atoms with van der Waals surface area (Å²) in [4.78, 5) is 20.8. The van der Waals surface area contributed by atoms with E-state index in [0.717, 1.165) is 0 Å². The zero-order valence-electron chi connectivity index (χ0n) is 7.20. The Morgan fingerprint density at radius 3 is 2.58 bits per heavy atom. The smallest absolute Gasteiger partial charge is 0.330 e. The average molecular weight is 172 g/mol. The average Bonchev–Trinajstić information content (AvgIpc) is 2.03. The van der Waals surface area contributed by atoms with Gasteiger partial charge in [0.1, 0.15) is 0 Å². The van der Waals surface area contributed by atoms with Gasteiger partial charge >= 0.3 is 11.9 Å². The minimum atomic E-state index is -0.405. The van der Waals surface area contributed by atoms with Crippen molar-refractivity contribution in [3.05, 3.63) is 12.2 Å². The fourth-order valence-corrected chi connectivity index (χ4v) is 0.518. The van der Waals surface area contributed by atoms with Crippen molar-refractivity contribution in [2.75, 3.05) is 13.7 Å². The molecule has 0 spiro atoms. The summed E-state index contributed by atoms with van der Waals surface area (Å²) in [6.07, 6.45) is 3.41. The van der Waals surface area contributed by atoms with Crippen LogP contribution < -0.4 is 0 Å². The van der Waals surface area contributed by atoms with Gasteiger partial charge in [0, 0.05) is 19.4 Å². The Hall–Kier alpha value is -1.32. The fourth-order valence-electron chi connectivity index (χ4n) is 0.518. The van der Waals surface area contributed by atoms with E-state index in [-0.39, 0.29) is 5.97 Å². The molecular formula is C8H12O4. The molecule has 0 heterocycles. The third kappa shape index (κ3) is 6.80. The molecule has 68 valence electrons. The van der Waals surface area contributed by atoms with Gasteiger partial charge in [-0.1, -0.05) is 6.08 Å². The molecule has 0 fully saturated rings. The molecule has 0 aromatic rings. The van der Waals surface area contributed by atoms with Crippen molar-refractivity contribution in [1.29, 1.82) is 0 Å². The predicted molar refractivity (Wildman–Crippen MR) is 42.4 cm³/mol. The summed E-state index contributed by atoms with van der Waals surface area (Å²) in [5, 5.41) is 0. The van der Waals surface area contributed by atoms with Crippen LogP contribution in [0.2, 0.25) is 0 Å². The number of rotatable bonds is 4. The molecule has 0 rings (SSSR count). The maximum Gasteiger partial charge on any atom is 0.330 e. The van der Waals surface area contributed by atoms with E-state index in [1.807, 2.05) is 0 Å². The van der Waals surface area contributed by atoms with Gasteiger partial charge < -0.3 is 9.47 Å². The molecule has 0 aliphatic rings. The maximum atomic E-state index is 10.5. The standard InChI is InChI=1S/C8H12O4/c1-7(9)12-6-4-3-5-8(10)11-2/h3,5H,4,6H2,1-2H3/b5-3-. The molecule has 12 heavy (non-hydrogen) atoms. The molecule has 4 heteroatoms. The Bertz CT molecular complexity index is 183. The lowest BCUT2D eigenvalue weighted by molar-refractivity contribution is -0.140. The van der Waals surface area contributed by atoms with E-state index in [4.69, 9.17) is 0 Å². The van der Waals surface area contributed by atoms with Crippen LogP contribution in [0, 0.1) is 0 Å². The molecule has 0 unspecified atom stereocenters. The van der Waals surface area contributed by atoms with Crippen LogP contribution in [0.4, 0.5) is 0 Å². The molecule has 0 saturated carbocycles. The van der Waals surface area contributed by atoms with Crippen LogP contribution in [0.5, 0.6) is 0 Å². The lowest BCUT2D eigenvalue weighted by Crippen LogP contribution is -1.99. The summed E-state index contributed by atoms with van der Waals surface area (Å²) >= 11 is 0. The number of hydrogen-bond donors (Lipinski definition) is 0. The molecule has 0 aliphatic heterocycles. The van der Waals surface area contributed by atoms with E-state index in [9.17, 15) is 9.59 Å². The Morgan fingerprint density at radius 1 is 1.42 bits per heavy atom. The summed E-state index contributed by atoms with van der Waals surface area (Å²) in [7, 11) is 1.30. The third-order valence-electron chi connectivity index (χ3n) is 1.04. The maximum absolute atomic E-state index is 10.5. The first-order valence-electron chi connectivity index (χ1n) is 3.54. The van der Waals surface area contributed by atoms with Crippen molar-refractivity contribution in [2.45, 2.75) is 13.3 Å². The van der Waals surface area contributed by atoms with E-state index in [1.54, 1.807) is 6.08 Å². The molecule has 0 radical (unpaired) electrons. The zero-order chi connectivity index (χ0) is 9.40. The Morgan fingerprint density at radius 2 is 2.08 bits per heavy atom. The van der Waals surface area contributed by atoms with Gasteiger partial charge in [-0.15, -0.1) is 0 Å². The molecular weight excluding hydrogens is 160 g/mol. The van der Waals surface area contributed by atoms with Gasteiger partial charge in [0.05, 0.1) is 13.7 Å². The highest BCUT2D eigenvalue weighted by atomic mass is 16.5. The Balaban J connectivity index is 3.36. The lowest BCUT2D eigenvalue weighted by atomic mass is 10.4. The van der Waals surface area contributed by atoms with E-state index >= 15 is 0 Å². The van der Waals surface area contributed by atoms with Gasteiger partial charge in [-0.3, -0.25) is 4.79 Å².